The Morgan fingerprint density at radius 1 is 0.517 bits per heavy atom. The Hall–Kier alpha value is -1.51. The van der Waals surface area contributed by atoms with E-state index in [0.717, 1.165) is 51.4 Å². The fraction of sp³-hybridized carbons (Fsp3) is 0.875. The van der Waals surface area contributed by atoms with Gasteiger partial charge in [-0.2, -0.15) is 0 Å². The second-order valence-electron chi connectivity index (χ2n) is 17.5. The van der Waals surface area contributed by atoms with Crippen LogP contribution < -0.4 is 0 Å². The molecule has 0 amide bonds. The molecule has 0 aliphatic carbocycles. The molecular formula is C48H93NO8P+. The normalized spacial score (nSPS) is 13.7. The maximum absolute atomic E-state index is 12.7. The summed E-state index contributed by atoms with van der Waals surface area (Å²) in [4.78, 5) is 35.4. The molecule has 0 saturated heterocycles. The molecular weight excluding hydrogens is 750 g/mol. The van der Waals surface area contributed by atoms with Crippen molar-refractivity contribution in [1.29, 1.82) is 0 Å². The summed E-state index contributed by atoms with van der Waals surface area (Å²) in [6.45, 7) is 4.42. The van der Waals surface area contributed by atoms with E-state index in [9.17, 15) is 19.0 Å². The van der Waals surface area contributed by atoms with Crippen LogP contribution in [0.15, 0.2) is 24.3 Å². The first kappa shape index (κ1) is 56.5. The van der Waals surface area contributed by atoms with Gasteiger partial charge < -0.3 is 18.9 Å². The number of hydrogen-bond acceptors (Lipinski definition) is 7. The van der Waals surface area contributed by atoms with Crippen molar-refractivity contribution < 1.29 is 42.1 Å². The number of phosphoric ester groups is 1. The van der Waals surface area contributed by atoms with Gasteiger partial charge in [0, 0.05) is 12.8 Å². The first-order chi connectivity index (χ1) is 28.0. The van der Waals surface area contributed by atoms with Crippen LogP contribution in [0.1, 0.15) is 219 Å². The van der Waals surface area contributed by atoms with Gasteiger partial charge in [0.2, 0.25) is 0 Å². The van der Waals surface area contributed by atoms with Crippen LogP contribution in [-0.2, 0) is 32.7 Å². The minimum atomic E-state index is -4.38. The molecule has 9 nitrogen and oxygen atoms in total. The van der Waals surface area contributed by atoms with E-state index in [-0.39, 0.29) is 32.0 Å². The highest BCUT2D eigenvalue weighted by atomic mass is 31.2. The monoisotopic (exact) mass is 843 g/mol. The first-order valence-electron chi connectivity index (χ1n) is 24.1. The Morgan fingerprint density at radius 2 is 0.879 bits per heavy atom. The fourth-order valence-electron chi connectivity index (χ4n) is 6.65. The van der Waals surface area contributed by atoms with Crippen LogP contribution in [0.2, 0.25) is 0 Å². The lowest BCUT2D eigenvalue weighted by Gasteiger charge is -2.24. The second kappa shape index (κ2) is 40.9. The van der Waals surface area contributed by atoms with E-state index in [2.05, 4.69) is 38.2 Å². The van der Waals surface area contributed by atoms with Crippen LogP contribution in [0.25, 0.3) is 0 Å². The summed E-state index contributed by atoms with van der Waals surface area (Å²) in [6, 6.07) is 0. The number of likely N-dealkylation sites (N-methyl/N-ethyl adjacent to an activating group) is 1. The van der Waals surface area contributed by atoms with Crippen molar-refractivity contribution in [3.05, 3.63) is 24.3 Å². The summed E-state index contributed by atoms with van der Waals surface area (Å²) < 4.78 is 34.4. The molecule has 0 aromatic heterocycles. The molecule has 0 rings (SSSR count). The first-order valence-corrected chi connectivity index (χ1v) is 25.6. The molecule has 0 radical (unpaired) electrons. The number of unbranched alkanes of at least 4 members (excludes halogenated alkanes) is 26. The Kier molecular flexibility index (Phi) is 39.8. The van der Waals surface area contributed by atoms with Gasteiger partial charge in [-0.25, -0.2) is 4.57 Å². The second-order valence-corrected chi connectivity index (χ2v) is 18.9. The molecule has 0 saturated carbocycles. The number of esters is 2. The smallest absolute Gasteiger partial charge is 0.462 e. The van der Waals surface area contributed by atoms with Gasteiger partial charge in [-0.05, 0) is 64.2 Å². The number of phosphoric acid groups is 1. The number of ether oxygens (including phenoxy) is 2. The zero-order chi connectivity index (χ0) is 42.8. The third-order valence-corrected chi connectivity index (χ3v) is 11.4. The van der Waals surface area contributed by atoms with Gasteiger partial charge in [0.25, 0.3) is 0 Å². The summed E-state index contributed by atoms with van der Waals surface area (Å²) in [5.41, 5.74) is 0. The lowest BCUT2D eigenvalue weighted by atomic mass is 10.1. The van der Waals surface area contributed by atoms with E-state index >= 15 is 0 Å². The topological polar surface area (TPSA) is 108 Å². The third kappa shape index (κ3) is 44.1. The molecule has 58 heavy (non-hydrogen) atoms. The highest BCUT2D eigenvalue weighted by Gasteiger charge is 2.27. The van der Waals surface area contributed by atoms with Crippen molar-refractivity contribution in [2.45, 2.75) is 225 Å². The standard InChI is InChI=1S/C48H92NO8P/c1-6-8-10-12-14-16-18-20-22-23-24-25-27-28-30-32-34-36-38-40-47(50)54-44-46(45-56-58(52,53)55-43-42-49(3,4)5)57-48(51)41-39-37-35-33-31-29-26-21-19-17-15-13-11-9-7-2/h20-22,26,46H,6-19,23-25,27-45H2,1-5H3/p+1/b22-20-,26-21-/t46-/m1/s1. The molecule has 0 aliphatic rings. The predicted octanol–water partition coefficient (Wildman–Crippen LogP) is 13.9. The lowest BCUT2D eigenvalue weighted by Crippen LogP contribution is -2.37. The van der Waals surface area contributed by atoms with Crippen LogP contribution in [0.3, 0.4) is 0 Å². The Morgan fingerprint density at radius 3 is 1.28 bits per heavy atom. The average molecular weight is 843 g/mol. The highest BCUT2D eigenvalue weighted by molar-refractivity contribution is 7.47. The molecule has 2 atom stereocenters. The molecule has 0 aromatic carbocycles. The summed E-state index contributed by atoms with van der Waals surface area (Å²) in [7, 11) is 1.48. The van der Waals surface area contributed by atoms with Gasteiger partial charge in [0.1, 0.15) is 19.8 Å². The number of rotatable bonds is 44. The molecule has 0 aromatic rings. The highest BCUT2D eigenvalue weighted by Crippen LogP contribution is 2.43. The Balaban J connectivity index is 4.28. The lowest BCUT2D eigenvalue weighted by molar-refractivity contribution is -0.870. The molecule has 0 heterocycles. The minimum absolute atomic E-state index is 0.0312. The summed E-state index contributed by atoms with van der Waals surface area (Å²) in [5, 5.41) is 0. The molecule has 0 fully saturated rings. The van der Waals surface area contributed by atoms with E-state index in [1.165, 1.54) is 135 Å². The third-order valence-electron chi connectivity index (χ3n) is 10.5. The number of hydrogen-bond donors (Lipinski definition) is 1. The summed E-state index contributed by atoms with van der Waals surface area (Å²) in [5.74, 6) is -0.803. The van der Waals surface area contributed by atoms with E-state index in [0.29, 0.717) is 17.4 Å². The maximum Gasteiger partial charge on any atom is 0.472 e. The number of carbonyl (C=O) groups is 2. The fourth-order valence-corrected chi connectivity index (χ4v) is 7.39. The van der Waals surface area contributed by atoms with Gasteiger partial charge in [0.05, 0.1) is 27.7 Å². The van der Waals surface area contributed by atoms with Crippen LogP contribution >= 0.6 is 7.82 Å². The van der Waals surface area contributed by atoms with Gasteiger partial charge in [-0.1, -0.05) is 167 Å². The van der Waals surface area contributed by atoms with Gasteiger partial charge in [-0.15, -0.1) is 0 Å². The van der Waals surface area contributed by atoms with Gasteiger partial charge in [-0.3, -0.25) is 18.6 Å². The van der Waals surface area contributed by atoms with Crippen molar-refractivity contribution in [2.24, 2.45) is 0 Å². The molecule has 1 N–H and O–H groups in total. The van der Waals surface area contributed by atoms with Crippen LogP contribution in [-0.4, -0.2) is 74.9 Å². The zero-order valence-electron chi connectivity index (χ0n) is 38.5. The number of nitrogens with zero attached hydrogens (tertiary/aromatic N) is 1. The SMILES string of the molecule is CCCCCCCC/C=C\CCCCCCCCCCCC(=O)OC[C@H](COP(=O)(O)OCC[N+](C)(C)C)OC(=O)CCCCCCC/C=C\CCCCCCCC. The summed E-state index contributed by atoms with van der Waals surface area (Å²) in [6.07, 6.45) is 45.1. The Bertz CT molecular complexity index is 1040. The van der Waals surface area contributed by atoms with Gasteiger partial charge in [0.15, 0.2) is 6.10 Å². The zero-order valence-corrected chi connectivity index (χ0v) is 39.4. The van der Waals surface area contributed by atoms with Crippen molar-refractivity contribution in [2.75, 3.05) is 47.5 Å². The van der Waals surface area contributed by atoms with Crippen molar-refractivity contribution in [3.8, 4) is 0 Å². The largest absolute Gasteiger partial charge is 0.472 e. The Labute approximate surface area is 358 Å². The number of carbonyl (C=O) groups excluding carboxylic acids is 2. The van der Waals surface area contributed by atoms with E-state index in [1.807, 2.05) is 21.1 Å². The van der Waals surface area contributed by atoms with Crippen molar-refractivity contribution in [1.82, 2.24) is 0 Å². The average Bonchev–Trinajstić information content (AvgIpc) is 3.17. The van der Waals surface area contributed by atoms with Gasteiger partial charge >= 0.3 is 19.8 Å². The molecule has 0 spiro atoms. The van der Waals surface area contributed by atoms with E-state index in [4.69, 9.17) is 18.5 Å². The molecule has 0 aliphatic heterocycles. The number of allylic oxidation sites excluding steroid dienone is 4. The molecule has 10 heteroatoms. The van der Waals surface area contributed by atoms with Crippen molar-refractivity contribution in [3.63, 3.8) is 0 Å². The molecule has 0 bridgehead atoms. The number of quaternary nitrogens is 1. The quantitative estimate of drug-likeness (QED) is 0.0212. The summed E-state index contributed by atoms with van der Waals surface area (Å²) >= 11 is 0. The van der Waals surface area contributed by atoms with Crippen LogP contribution in [0, 0.1) is 0 Å². The van der Waals surface area contributed by atoms with E-state index < -0.39 is 26.5 Å². The predicted molar refractivity (Wildman–Crippen MR) is 243 cm³/mol. The molecule has 342 valence electrons. The minimum Gasteiger partial charge on any atom is -0.462 e. The van der Waals surface area contributed by atoms with E-state index in [1.54, 1.807) is 0 Å². The maximum atomic E-state index is 12.7. The van der Waals surface area contributed by atoms with Crippen molar-refractivity contribution >= 4 is 19.8 Å². The van der Waals surface area contributed by atoms with Crippen LogP contribution in [0.5, 0.6) is 0 Å². The molecule has 1 unspecified atom stereocenters. The van der Waals surface area contributed by atoms with Crippen LogP contribution in [0.4, 0.5) is 0 Å².